The first-order valence-electron chi connectivity index (χ1n) is 9.14. The van der Waals surface area contributed by atoms with E-state index in [9.17, 15) is 9.90 Å². The molecule has 0 aliphatic rings. The van der Waals surface area contributed by atoms with E-state index in [-0.39, 0.29) is 11.9 Å². The molecule has 1 heterocycles. The number of ether oxygens (including phenoxy) is 2. The van der Waals surface area contributed by atoms with Gasteiger partial charge in [-0.3, -0.25) is 4.79 Å². The molecule has 0 aliphatic carbocycles. The summed E-state index contributed by atoms with van der Waals surface area (Å²) in [6, 6.07) is 14.3. The zero-order valence-corrected chi connectivity index (χ0v) is 16.4. The van der Waals surface area contributed by atoms with Crippen molar-refractivity contribution in [3.63, 3.8) is 0 Å². The number of methoxy groups -OCH3 is 1. The highest BCUT2D eigenvalue weighted by Gasteiger charge is 2.21. The molecule has 1 aromatic heterocycles. The number of hydrogen-bond acceptors (Lipinski definition) is 7. The number of nitrogens with one attached hydrogen (secondary N) is 1. The SMILES string of the molecule is COc1cc(CNC(C(=O)O)C(C)C)ccc1Oc1nnnn1-c1ccccc1. The minimum absolute atomic E-state index is 0.0335. The van der Waals surface area contributed by atoms with Gasteiger partial charge < -0.3 is 19.9 Å². The third-order valence-electron chi connectivity index (χ3n) is 4.33. The standard InChI is InChI=1S/C20H23N5O4/c1-13(2)18(19(26)27)21-12-14-9-10-16(17(11-14)28-3)29-20-22-23-24-25(20)15-7-5-4-6-8-15/h4-11,13,18,21H,12H2,1-3H3,(H,26,27). The number of benzene rings is 2. The second kappa shape index (κ2) is 9.16. The minimum atomic E-state index is -0.875. The van der Waals surface area contributed by atoms with Gasteiger partial charge in [0.1, 0.15) is 6.04 Å². The van der Waals surface area contributed by atoms with Gasteiger partial charge in [0.05, 0.1) is 12.8 Å². The minimum Gasteiger partial charge on any atom is -0.493 e. The topological polar surface area (TPSA) is 111 Å². The van der Waals surface area contributed by atoms with Gasteiger partial charge >= 0.3 is 12.0 Å². The van der Waals surface area contributed by atoms with E-state index in [4.69, 9.17) is 9.47 Å². The Kier molecular flexibility index (Phi) is 6.40. The molecule has 1 unspecified atom stereocenters. The first-order chi connectivity index (χ1) is 14.0. The number of aliphatic carboxylic acids is 1. The van der Waals surface area contributed by atoms with Gasteiger partial charge in [-0.2, -0.15) is 4.68 Å². The molecular weight excluding hydrogens is 374 g/mol. The maximum absolute atomic E-state index is 11.3. The lowest BCUT2D eigenvalue weighted by atomic mass is 10.0. The van der Waals surface area contributed by atoms with Crippen molar-refractivity contribution in [2.45, 2.75) is 26.4 Å². The van der Waals surface area contributed by atoms with E-state index in [1.54, 1.807) is 12.1 Å². The van der Waals surface area contributed by atoms with Crippen molar-refractivity contribution in [1.29, 1.82) is 0 Å². The van der Waals surface area contributed by atoms with Crippen LogP contribution in [0.15, 0.2) is 48.5 Å². The zero-order chi connectivity index (χ0) is 20.8. The first kappa shape index (κ1) is 20.3. The van der Waals surface area contributed by atoms with Crippen molar-refractivity contribution >= 4 is 5.97 Å². The number of carboxylic acids is 1. The van der Waals surface area contributed by atoms with E-state index < -0.39 is 12.0 Å². The summed E-state index contributed by atoms with van der Waals surface area (Å²) in [6.45, 7) is 4.11. The fraction of sp³-hybridized carbons (Fsp3) is 0.300. The molecule has 152 valence electrons. The maximum atomic E-state index is 11.3. The van der Waals surface area contributed by atoms with Crippen LogP contribution in [0.2, 0.25) is 0 Å². The quantitative estimate of drug-likeness (QED) is 0.567. The number of nitrogens with zero attached hydrogens (tertiary/aromatic N) is 4. The Morgan fingerprint density at radius 1 is 1.17 bits per heavy atom. The van der Waals surface area contributed by atoms with Crippen LogP contribution in [0.5, 0.6) is 17.5 Å². The molecule has 0 fully saturated rings. The Hall–Kier alpha value is -3.46. The number of para-hydroxylation sites is 1. The van der Waals surface area contributed by atoms with Crippen LogP contribution >= 0.6 is 0 Å². The molecule has 2 aromatic carbocycles. The van der Waals surface area contributed by atoms with Gasteiger partial charge in [0, 0.05) is 6.54 Å². The van der Waals surface area contributed by atoms with Gasteiger partial charge in [-0.15, -0.1) is 0 Å². The van der Waals surface area contributed by atoms with Crippen LogP contribution in [0.1, 0.15) is 19.4 Å². The fourth-order valence-electron chi connectivity index (χ4n) is 2.81. The fourth-order valence-corrected chi connectivity index (χ4v) is 2.81. The first-order valence-corrected chi connectivity index (χ1v) is 9.14. The Balaban J connectivity index is 1.77. The van der Waals surface area contributed by atoms with Crippen LogP contribution in [0.3, 0.4) is 0 Å². The van der Waals surface area contributed by atoms with Crippen LogP contribution in [-0.4, -0.2) is 44.4 Å². The summed E-state index contributed by atoms with van der Waals surface area (Å²) in [7, 11) is 1.54. The molecule has 29 heavy (non-hydrogen) atoms. The molecule has 0 bridgehead atoms. The van der Waals surface area contributed by atoms with Crippen LogP contribution in [0, 0.1) is 5.92 Å². The smallest absolute Gasteiger partial charge is 0.346 e. The highest BCUT2D eigenvalue weighted by molar-refractivity contribution is 5.73. The van der Waals surface area contributed by atoms with E-state index in [0.29, 0.717) is 18.0 Å². The number of aromatic nitrogens is 4. The average Bonchev–Trinajstić information content (AvgIpc) is 3.17. The van der Waals surface area contributed by atoms with Crippen LogP contribution < -0.4 is 14.8 Å². The molecule has 2 N–H and O–H groups in total. The molecule has 0 aliphatic heterocycles. The lowest BCUT2D eigenvalue weighted by molar-refractivity contribution is -0.140. The Labute approximate surface area is 168 Å². The molecule has 0 saturated heterocycles. The molecule has 1 atom stereocenters. The summed E-state index contributed by atoms with van der Waals surface area (Å²) in [5.41, 5.74) is 1.63. The van der Waals surface area contributed by atoms with E-state index in [1.807, 2.05) is 50.2 Å². The average molecular weight is 397 g/mol. The van der Waals surface area contributed by atoms with Crippen LogP contribution in [0.25, 0.3) is 5.69 Å². The summed E-state index contributed by atoms with van der Waals surface area (Å²) in [4.78, 5) is 11.3. The van der Waals surface area contributed by atoms with E-state index >= 15 is 0 Å². The molecule has 0 radical (unpaired) electrons. The van der Waals surface area contributed by atoms with Crippen molar-refractivity contribution in [2.24, 2.45) is 5.92 Å². The van der Waals surface area contributed by atoms with Crippen molar-refractivity contribution in [3.05, 3.63) is 54.1 Å². The summed E-state index contributed by atoms with van der Waals surface area (Å²) in [5, 5.41) is 23.9. The number of hydrogen-bond donors (Lipinski definition) is 2. The Morgan fingerprint density at radius 2 is 1.93 bits per heavy atom. The van der Waals surface area contributed by atoms with E-state index in [2.05, 4.69) is 20.8 Å². The second-order valence-corrected chi connectivity index (χ2v) is 6.74. The normalized spacial score (nSPS) is 12.0. The number of tetrazole rings is 1. The number of rotatable bonds is 9. The molecule has 9 nitrogen and oxygen atoms in total. The third kappa shape index (κ3) is 4.88. The zero-order valence-electron chi connectivity index (χ0n) is 16.4. The molecule has 9 heteroatoms. The Morgan fingerprint density at radius 3 is 2.59 bits per heavy atom. The lowest BCUT2D eigenvalue weighted by Gasteiger charge is -2.18. The monoisotopic (exact) mass is 397 g/mol. The molecular formula is C20H23N5O4. The lowest BCUT2D eigenvalue weighted by Crippen LogP contribution is -2.40. The van der Waals surface area contributed by atoms with Gasteiger partial charge in [-0.05, 0) is 46.2 Å². The van der Waals surface area contributed by atoms with Crippen molar-refractivity contribution < 1.29 is 19.4 Å². The third-order valence-corrected chi connectivity index (χ3v) is 4.33. The Bertz CT molecular complexity index is 959. The van der Waals surface area contributed by atoms with Gasteiger partial charge in [0.2, 0.25) is 0 Å². The molecule has 0 amide bonds. The summed E-state index contributed by atoms with van der Waals surface area (Å²) in [6.07, 6.45) is 0. The highest BCUT2D eigenvalue weighted by Crippen LogP contribution is 2.32. The number of carbonyl (C=O) groups is 1. The van der Waals surface area contributed by atoms with Gasteiger partial charge in [0.25, 0.3) is 0 Å². The highest BCUT2D eigenvalue weighted by atomic mass is 16.5. The van der Waals surface area contributed by atoms with Crippen molar-refractivity contribution in [3.8, 4) is 23.2 Å². The summed E-state index contributed by atoms with van der Waals surface area (Å²) in [5.74, 6) is 0.0266. The van der Waals surface area contributed by atoms with Crippen LogP contribution in [-0.2, 0) is 11.3 Å². The molecule has 3 rings (SSSR count). The van der Waals surface area contributed by atoms with Gasteiger partial charge in [-0.25, -0.2) is 0 Å². The van der Waals surface area contributed by atoms with E-state index in [1.165, 1.54) is 11.8 Å². The maximum Gasteiger partial charge on any atom is 0.346 e. The second-order valence-electron chi connectivity index (χ2n) is 6.74. The van der Waals surface area contributed by atoms with E-state index in [0.717, 1.165) is 11.3 Å². The van der Waals surface area contributed by atoms with Crippen molar-refractivity contribution in [1.82, 2.24) is 25.5 Å². The van der Waals surface area contributed by atoms with Gasteiger partial charge in [0.15, 0.2) is 11.5 Å². The molecule has 0 saturated carbocycles. The summed E-state index contributed by atoms with van der Waals surface area (Å²) < 4.78 is 12.8. The molecule has 3 aromatic rings. The van der Waals surface area contributed by atoms with Gasteiger partial charge in [-0.1, -0.05) is 43.2 Å². The predicted molar refractivity (Wildman–Crippen MR) is 105 cm³/mol. The summed E-state index contributed by atoms with van der Waals surface area (Å²) >= 11 is 0. The van der Waals surface area contributed by atoms with Crippen molar-refractivity contribution in [2.75, 3.05) is 7.11 Å². The number of carboxylic acid groups (broad SMARTS) is 1. The van der Waals surface area contributed by atoms with Crippen LogP contribution in [0.4, 0.5) is 0 Å². The largest absolute Gasteiger partial charge is 0.493 e. The molecule has 0 spiro atoms. The predicted octanol–water partition coefficient (Wildman–Crippen LogP) is 2.66.